The average molecular weight is 265 g/mol. The van der Waals surface area contributed by atoms with Gasteiger partial charge in [0.1, 0.15) is 0 Å². The van der Waals surface area contributed by atoms with Gasteiger partial charge in [-0.25, -0.2) is 9.97 Å². The van der Waals surface area contributed by atoms with Gasteiger partial charge >= 0.3 is 0 Å². The molecule has 6 heteroatoms. The predicted molar refractivity (Wildman–Crippen MR) is 73.3 cm³/mol. The van der Waals surface area contributed by atoms with E-state index in [9.17, 15) is 0 Å². The smallest absolute Gasteiger partial charge is 0.0946 e. The molecular formula is C12H19N5S. The zero-order valence-corrected chi connectivity index (χ0v) is 11.8. The summed E-state index contributed by atoms with van der Waals surface area (Å²) in [6.07, 6.45) is 3.68. The van der Waals surface area contributed by atoms with Crippen molar-refractivity contribution in [1.82, 2.24) is 19.4 Å². The fourth-order valence-corrected chi connectivity index (χ4v) is 2.67. The van der Waals surface area contributed by atoms with Crippen molar-refractivity contribution in [1.29, 1.82) is 0 Å². The third kappa shape index (κ3) is 2.77. The van der Waals surface area contributed by atoms with Gasteiger partial charge in [0.05, 0.1) is 28.8 Å². The highest BCUT2D eigenvalue weighted by Gasteiger charge is 2.19. The molecule has 0 saturated heterocycles. The Kier molecular flexibility index (Phi) is 4.11. The molecule has 5 nitrogen and oxygen atoms in total. The standard InChI is InChI=1S/C12H19N5S/c1-9-15-10(7-18-9)6-16(2)11(4-13)12-5-14-8-17(12)3/h5,7-8,11H,4,6,13H2,1-3H3. The van der Waals surface area contributed by atoms with Crippen LogP contribution in [-0.2, 0) is 13.6 Å². The van der Waals surface area contributed by atoms with Crippen molar-refractivity contribution >= 4 is 11.3 Å². The summed E-state index contributed by atoms with van der Waals surface area (Å²) >= 11 is 1.68. The second kappa shape index (κ2) is 5.60. The van der Waals surface area contributed by atoms with Crippen LogP contribution in [0.15, 0.2) is 17.9 Å². The fraction of sp³-hybridized carbons (Fsp3) is 0.500. The molecule has 18 heavy (non-hydrogen) atoms. The van der Waals surface area contributed by atoms with E-state index in [4.69, 9.17) is 5.73 Å². The van der Waals surface area contributed by atoms with Gasteiger partial charge in [-0.05, 0) is 14.0 Å². The van der Waals surface area contributed by atoms with Crippen molar-refractivity contribution in [2.45, 2.75) is 19.5 Å². The number of hydrogen-bond acceptors (Lipinski definition) is 5. The first-order valence-electron chi connectivity index (χ1n) is 5.89. The monoisotopic (exact) mass is 265 g/mol. The molecule has 2 rings (SSSR count). The zero-order chi connectivity index (χ0) is 13.1. The molecule has 2 heterocycles. The topological polar surface area (TPSA) is 60.0 Å². The van der Waals surface area contributed by atoms with E-state index in [0.29, 0.717) is 6.54 Å². The summed E-state index contributed by atoms with van der Waals surface area (Å²) < 4.78 is 2.01. The van der Waals surface area contributed by atoms with Crippen LogP contribution in [0.3, 0.4) is 0 Å². The first-order valence-corrected chi connectivity index (χ1v) is 6.77. The Hall–Kier alpha value is -1.24. The minimum absolute atomic E-state index is 0.166. The van der Waals surface area contributed by atoms with E-state index in [1.54, 1.807) is 17.7 Å². The predicted octanol–water partition coefficient (Wildman–Crippen LogP) is 1.32. The van der Waals surface area contributed by atoms with Gasteiger partial charge < -0.3 is 10.3 Å². The third-order valence-corrected chi connectivity index (χ3v) is 3.85. The zero-order valence-electron chi connectivity index (χ0n) is 11.0. The fourth-order valence-electron chi connectivity index (χ4n) is 2.06. The maximum Gasteiger partial charge on any atom is 0.0946 e. The number of likely N-dealkylation sites (N-methyl/N-ethyl adjacent to an activating group) is 1. The van der Waals surface area contributed by atoms with Crippen LogP contribution < -0.4 is 5.73 Å². The van der Waals surface area contributed by atoms with Crippen LogP contribution in [0.25, 0.3) is 0 Å². The summed E-state index contributed by atoms with van der Waals surface area (Å²) in [5.41, 5.74) is 8.12. The number of nitrogens with zero attached hydrogens (tertiary/aromatic N) is 4. The molecule has 0 aliphatic rings. The van der Waals surface area contributed by atoms with Crippen LogP contribution in [0.4, 0.5) is 0 Å². The summed E-state index contributed by atoms with van der Waals surface area (Å²) in [5, 5.41) is 3.20. The summed E-state index contributed by atoms with van der Waals surface area (Å²) in [4.78, 5) is 10.8. The van der Waals surface area contributed by atoms with E-state index in [2.05, 4.69) is 27.3 Å². The van der Waals surface area contributed by atoms with Crippen LogP contribution in [0.5, 0.6) is 0 Å². The van der Waals surface area contributed by atoms with Gasteiger partial charge in [-0.15, -0.1) is 11.3 Å². The SMILES string of the molecule is Cc1nc(CN(C)C(CN)c2cncn2C)cs1. The molecule has 0 bridgehead atoms. The van der Waals surface area contributed by atoms with E-state index < -0.39 is 0 Å². The van der Waals surface area contributed by atoms with Gasteiger partial charge in [0.2, 0.25) is 0 Å². The quantitative estimate of drug-likeness (QED) is 0.885. The van der Waals surface area contributed by atoms with Crippen molar-refractivity contribution in [3.63, 3.8) is 0 Å². The molecule has 0 aromatic carbocycles. The van der Waals surface area contributed by atoms with Crippen molar-refractivity contribution in [2.24, 2.45) is 12.8 Å². The number of hydrogen-bond donors (Lipinski definition) is 1. The van der Waals surface area contributed by atoms with Crippen LogP contribution in [0, 0.1) is 6.92 Å². The normalized spacial score (nSPS) is 13.2. The molecule has 1 atom stereocenters. The lowest BCUT2D eigenvalue weighted by Crippen LogP contribution is -2.31. The lowest BCUT2D eigenvalue weighted by atomic mass is 10.2. The largest absolute Gasteiger partial charge is 0.336 e. The second-order valence-electron chi connectivity index (χ2n) is 4.45. The lowest BCUT2D eigenvalue weighted by molar-refractivity contribution is 0.231. The van der Waals surface area contributed by atoms with E-state index in [0.717, 1.165) is 22.9 Å². The van der Waals surface area contributed by atoms with Gasteiger partial charge in [0.25, 0.3) is 0 Å². The maximum atomic E-state index is 5.89. The third-order valence-electron chi connectivity index (χ3n) is 3.03. The first-order chi connectivity index (χ1) is 8.61. The van der Waals surface area contributed by atoms with E-state index in [1.807, 2.05) is 24.7 Å². The van der Waals surface area contributed by atoms with Crippen molar-refractivity contribution < 1.29 is 0 Å². The Morgan fingerprint density at radius 1 is 1.56 bits per heavy atom. The summed E-state index contributed by atoms with van der Waals surface area (Å²) in [6, 6.07) is 0.166. The Morgan fingerprint density at radius 3 is 2.83 bits per heavy atom. The van der Waals surface area contributed by atoms with E-state index in [1.165, 1.54) is 0 Å². The minimum atomic E-state index is 0.166. The summed E-state index contributed by atoms with van der Waals surface area (Å²) in [7, 11) is 4.06. The Morgan fingerprint density at radius 2 is 2.33 bits per heavy atom. The number of aromatic nitrogens is 3. The molecule has 0 spiro atoms. The summed E-state index contributed by atoms with van der Waals surface area (Å²) in [6.45, 7) is 3.40. The molecular weight excluding hydrogens is 246 g/mol. The first kappa shape index (κ1) is 13.2. The number of thiazole rings is 1. The molecule has 2 aromatic rings. The van der Waals surface area contributed by atoms with Gasteiger partial charge in [-0.3, -0.25) is 4.90 Å². The number of aryl methyl sites for hydroxylation is 2. The highest BCUT2D eigenvalue weighted by Crippen LogP contribution is 2.20. The molecule has 0 amide bonds. The maximum absolute atomic E-state index is 5.89. The van der Waals surface area contributed by atoms with Crippen LogP contribution in [-0.4, -0.2) is 33.0 Å². The van der Waals surface area contributed by atoms with Gasteiger partial charge in [0, 0.05) is 31.7 Å². The van der Waals surface area contributed by atoms with Crippen LogP contribution in [0.1, 0.15) is 22.4 Å². The molecule has 1 unspecified atom stereocenters. The van der Waals surface area contributed by atoms with Crippen molar-refractivity contribution in [3.8, 4) is 0 Å². The molecule has 2 aromatic heterocycles. The number of rotatable bonds is 5. The lowest BCUT2D eigenvalue weighted by Gasteiger charge is -2.26. The van der Waals surface area contributed by atoms with E-state index in [-0.39, 0.29) is 6.04 Å². The molecule has 0 aliphatic carbocycles. The van der Waals surface area contributed by atoms with Crippen molar-refractivity contribution in [3.05, 3.63) is 34.3 Å². The highest BCUT2D eigenvalue weighted by atomic mass is 32.1. The molecule has 0 fully saturated rings. The summed E-state index contributed by atoms with van der Waals surface area (Å²) in [5.74, 6) is 0. The van der Waals surface area contributed by atoms with Crippen molar-refractivity contribution in [2.75, 3.05) is 13.6 Å². The molecule has 98 valence electrons. The Bertz CT molecular complexity index is 504. The average Bonchev–Trinajstić information content (AvgIpc) is 2.90. The van der Waals surface area contributed by atoms with Crippen LogP contribution in [0.2, 0.25) is 0 Å². The van der Waals surface area contributed by atoms with Gasteiger partial charge in [-0.1, -0.05) is 0 Å². The highest BCUT2D eigenvalue weighted by molar-refractivity contribution is 7.09. The minimum Gasteiger partial charge on any atom is -0.336 e. The molecule has 2 N–H and O–H groups in total. The second-order valence-corrected chi connectivity index (χ2v) is 5.52. The number of nitrogens with two attached hydrogens (primary N) is 1. The van der Waals surface area contributed by atoms with Crippen LogP contribution >= 0.6 is 11.3 Å². The van der Waals surface area contributed by atoms with Gasteiger partial charge in [-0.2, -0.15) is 0 Å². The Labute approximate surface area is 111 Å². The molecule has 0 aliphatic heterocycles. The van der Waals surface area contributed by atoms with Gasteiger partial charge in [0.15, 0.2) is 0 Å². The molecule has 0 saturated carbocycles. The Balaban J connectivity index is 2.11. The number of imidazole rings is 1. The molecule has 0 radical (unpaired) electrons. The van der Waals surface area contributed by atoms with E-state index >= 15 is 0 Å².